The third kappa shape index (κ3) is 5.58. The Bertz CT molecular complexity index is 355. The zero-order chi connectivity index (χ0) is 14.8. The predicted molar refractivity (Wildman–Crippen MR) is 95.4 cm³/mol. The van der Waals surface area contributed by atoms with E-state index < -0.39 is 0 Å². The van der Waals surface area contributed by atoms with Crippen molar-refractivity contribution in [1.82, 2.24) is 3.89 Å². The molecular weight excluding hydrogens is 284 g/mol. The average Bonchev–Trinajstić information content (AvgIpc) is 2.48. The third-order valence-electron chi connectivity index (χ3n) is 3.70. The molecule has 0 saturated carbocycles. The summed E-state index contributed by atoms with van der Waals surface area (Å²) in [6.45, 7) is 6.57. The van der Waals surface area contributed by atoms with Crippen molar-refractivity contribution in [3.8, 4) is 0 Å². The SMILES string of the molecule is CCCCC[N+]([S-])(CCCCC)c1ccc(N[S-])cc1. The Labute approximate surface area is 135 Å². The van der Waals surface area contributed by atoms with Gasteiger partial charge in [0.05, 0.1) is 13.1 Å². The number of nitrogens with one attached hydrogen (secondary N) is 1. The van der Waals surface area contributed by atoms with Gasteiger partial charge in [-0.05, 0) is 49.9 Å². The Kier molecular flexibility index (Phi) is 8.50. The van der Waals surface area contributed by atoms with Crippen LogP contribution in [0, 0.1) is 0 Å². The van der Waals surface area contributed by atoms with E-state index in [4.69, 9.17) is 25.6 Å². The van der Waals surface area contributed by atoms with E-state index >= 15 is 0 Å². The highest BCUT2D eigenvalue weighted by Crippen LogP contribution is 2.26. The molecule has 0 atom stereocenters. The van der Waals surface area contributed by atoms with Gasteiger partial charge < -0.3 is 34.2 Å². The zero-order valence-electron chi connectivity index (χ0n) is 12.7. The Balaban J connectivity index is 2.77. The van der Waals surface area contributed by atoms with E-state index in [0.29, 0.717) is 3.89 Å². The lowest BCUT2D eigenvalue weighted by molar-refractivity contribution is 0.427. The topological polar surface area (TPSA) is 12.0 Å². The molecule has 1 N–H and O–H groups in total. The summed E-state index contributed by atoms with van der Waals surface area (Å²) in [5.74, 6) is 0. The molecule has 0 aliphatic carbocycles. The first-order valence-electron chi connectivity index (χ1n) is 7.73. The minimum atomic E-state index is 0.637. The van der Waals surface area contributed by atoms with E-state index in [9.17, 15) is 0 Å². The average molecular weight is 312 g/mol. The molecule has 0 heterocycles. The van der Waals surface area contributed by atoms with Crippen LogP contribution in [0.1, 0.15) is 52.4 Å². The fourth-order valence-corrected chi connectivity index (χ4v) is 2.92. The van der Waals surface area contributed by atoms with Gasteiger partial charge in [-0.1, -0.05) is 26.7 Å². The molecule has 114 valence electrons. The van der Waals surface area contributed by atoms with Crippen LogP contribution in [-0.4, -0.2) is 13.1 Å². The maximum absolute atomic E-state index is 5.97. The summed E-state index contributed by atoms with van der Waals surface area (Å²) in [6, 6.07) is 8.31. The molecule has 1 aromatic carbocycles. The van der Waals surface area contributed by atoms with Crippen LogP contribution in [0.3, 0.4) is 0 Å². The molecule has 0 unspecified atom stereocenters. The van der Waals surface area contributed by atoms with E-state index in [0.717, 1.165) is 18.8 Å². The second-order valence-electron chi connectivity index (χ2n) is 5.40. The molecule has 0 aromatic heterocycles. The van der Waals surface area contributed by atoms with Gasteiger partial charge >= 0.3 is 0 Å². The van der Waals surface area contributed by atoms with Gasteiger partial charge in [-0.2, -0.15) is 0 Å². The number of unbranched alkanes of at least 4 members (excludes halogenated alkanes) is 4. The van der Waals surface area contributed by atoms with Crippen molar-refractivity contribution in [1.29, 1.82) is 0 Å². The molecule has 4 heteroatoms. The second-order valence-corrected chi connectivity index (χ2v) is 6.30. The van der Waals surface area contributed by atoms with Crippen molar-refractivity contribution in [3.63, 3.8) is 0 Å². The summed E-state index contributed by atoms with van der Waals surface area (Å²) in [6.07, 6.45) is 7.40. The lowest BCUT2D eigenvalue weighted by atomic mass is 10.2. The first kappa shape index (κ1) is 17.7. The molecule has 1 rings (SSSR count). The van der Waals surface area contributed by atoms with Crippen LogP contribution in [0.15, 0.2) is 24.3 Å². The minimum Gasteiger partial charge on any atom is -0.670 e. The highest BCUT2D eigenvalue weighted by Gasteiger charge is 2.17. The van der Waals surface area contributed by atoms with Gasteiger partial charge in [0.15, 0.2) is 0 Å². The van der Waals surface area contributed by atoms with Gasteiger partial charge in [0.25, 0.3) is 0 Å². The monoisotopic (exact) mass is 311 g/mol. The summed E-state index contributed by atoms with van der Waals surface area (Å²) in [5, 5.41) is 0. The third-order valence-corrected chi connectivity index (χ3v) is 4.51. The molecule has 0 aliphatic heterocycles. The molecular formula is C16H27N2S2-. The Morgan fingerprint density at radius 2 is 1.40 bits per heavy atom. The van der Waals surface area contributed by atoms with Gasteiger partial charge in [0, 0.05) is 5.69 Å². The summed E-state index contributed by atoms with van der Waals surface area (Å²) >= 11 is 10.8. The van der Waals surface area contributed by atoms with Crippen molar-refractivity contribution in [3.05, 3.63) is 24.3 Å². The maximum atomic E-state index is 5.97. The van der Waals surface area contributed by atoms with Gasteiger partial charge in [-0.15, -0.1) is 0 Å². The first-order chi connectivity index (χ1) is 9.66. The molecule has 20 heavy (non-hydrogen) atoms. The van der Waals surface area contributed by atoms with E-state index in [-0.39, 0.29) is 0 Å². The van der Waals surface area contributed by atoms with E-state index in [1.165, 1.54) is 44.2 Å². The summed E-state index contributed by atoms with van der Waals surface area (Å²) in [7, 11) is 0. The quantitative estimate of drug-likeness (QED) is 0.382. The zero-order valence-corrected chi connectivity index (χ0v) is 14.4. The molecule has 0 radical (unpaired) electrons. The molecule has 0 aliphatic rings. The number of hydrogen-bond acceptors (Lipinski definition) is 3. The fourth-order valence-electron chi connectivity index (χ4n) is 2.41. The Morgan fingerprint density at radius 3 is 1.80 bits per heavy atom. The van der Waals surface area contributed by atoms with Crippen molar-refractivity contribution in [2.75, 3.05) is 17.8 Å². The normalized spacial score (nSPS) is 11.6. The summed E-state index contributed by atoms with van der Waals surface area (Å²) in [5.41, 5.74) is 2.19. The minimum absolute atomic E-state index is 0.637. The van der Waals surface area contributed by atoms with Crippen molar-refractivity contribution in [2.24, 2.45) is 0 Å². The fraction of sp³-hybridized carbons (Fsp3) is 0.625. The number of hydrogen-bond donors (Lipinski definition) is 1. The van der Waals surface area contributed by atoms with Crippen LogP contribution in [0.5, 0.6) is 0 Å². The van der Waals surface area contributed by atoms with Crippen LogP contribution in [0.4, 0.5) is 11.4 Å². The molecule has 0 amide bonds. The molecule has 0 bridgehead atoms. The highest BCUT2D eigenvalue weighted by molar-refractivity contribution is 7.60. The molecule has 0 spiro atoms. The lowest BCUT2D eigenvalue weighted by Crippen LogP contribution is -2.45. The number of rotatable bonds is 10. The van der Waals surface area contributed by atoms with Crippen molar-refractivity contribution in [2.45, 2.75) is 52.4 Å². The van der Waals surface area contributed by atoms with Crippen molar-refractivity contribution < 1.29 is 0 Å². The molecule has 2 nitrogen and oxygen atoms in total. The van der Waals surface area contributed by atoms with E-state index in [1.807, 2.05) is 12.1 Å². The van der Waals surface area contributed by atoms with Crippen LogP contribution in [-0.2, 0) is 25.6 Å². The molecule has 1 aromatic rings. The smallest absolute Gasteiger partial charge is 0.115 e. The van der Waals surface area contributed by atoms with Crippen molar-refractivity contribution >= 4 is 37.0 Å². The Hall–Kier alpha value is -0.320. The van der Waals surface area contributed by atoms with Gasteiger partial charge in [-0.25, -0.2) is 0 Å². The predicted octanol–water partition coefficient (Wildman–Crippen LogP) is 4.71. The van der Waals surface area contributed by atoms with Gasteiger partial charge in [-0.3, -0.25) is 0 Å². The number of nitrogens with zero attached hydrogens (tertiary/aromatic N) is 1. The number of anilines is 1. The first-order valence-corrected chi connectivity index (χ1v) is 8.50. The highest BCUT2D eigenvalue weighted by atomic mass is 32.1. The van der Waals surface area contributed by atoms with Gasteiger partial charge in [0.2, 0.25) is 0 Å². The molecule has 0 fully saturated rings. The van der Waals surface area contributed by atoms with E-state index in [2.05, 4.69) is 30.7 Å². The van der Waals surface area contributed by atoms with Crippen LogP contribution >= 0.6 is 0 Å². The Morgan fingerprint density at radius 1 is 0.900 bits per heavy atom. The van der Waals surface area contributed by atoms with Crippen LogP contribution in [0.2, 0.25) is 0 Å². The number of benzene rings is 1. The van der Waals surface area contributed by atoms with Crippen LogP contribution in [0.25, 0.3) is 0 Å². The largest absolute Gasteiger partial charge is 0.670 e. The lowest BCUT2D eigenvalue weighted by Gasteiger charge is -2.44. The summed E-state index contributed by atoms with van der Waals surface area (Å²) in [4.78, 5) is 0. The van der Waals surface area contributed by atoms with Crippen LogP contribution < -0.4 is 8.61 Å². The summed E-state index contributed by atoms with van der Waals surface area (Å²) < 4.78 is 3.39. The van der Waals surface area contributed by atoms with Gasteiger partial charge in [0.1, 0.15) is 5.69 Å². The van der Waals surface area contributed by atoms with E-state index in [1.54, 1.807) is 0 Å². The standard InChI is InChI=1S/C16H27N2S2/c1-3-5-7-13-18(20,14-8-6-4-2)16-11-9-15(17-19)10-12-16/h9-12,17H,3-8,13-14H2,1-2H3/q-1. The second kappa shape index (κ2) is 9.59. The maximum Gasteiger partial charge on any atom is 0.115 e. The molecule has 0 saturated heterocycles. The number of quaternary nitrogens is 1.